The third-order valence-corrected chi connectivity index (χ3v) is 6.84. The lowest BCUT2D eigenvalue weighted by Gasteiger charge is -2.35. The highest BCUT2D eigenvalue weighted by Gasteiger charge is 2.29. The molecule has 10 heteroatoms. The monoisotopic (exact) mass is 415 g/mol. The van der Waals surface area contributed by atoms with Gasteiger partial charge in [0.25, 0.3) is 5.69 Å². The second-order valence-corrected chi connectivity index (χ2v) is 8.49. The van der Waals surface area contributed by atoms with Gasteiger partial charge in [-0.3, -0.25) is 10.1 Å². The predicted octanol–water partition coefficient (Wildman–Crippen LogP) is 3.41. The van der Waals surface area contributed by atoms with E-state index in [9.17, 15) is 18.5 Å². The first-order chi connectivity index (χ1) is 12.3. The van der Waals surface area contributed by atoms with Gasteiger partial charge in [0.1, 0.15) is 0 Å². The molecule has 0 N–H and O–H groups in total. The van der Waals surface area contributed by atoms with Gasteiger partial charge in [-0.05, 0) is 30.3 Å². The van der Waals surface area contributed by atoms with Crippen molar-refractivity contribution in [2.24, 2.45) is 0 Å². The van der Waals surface area contributed by atoms with Gasteiger partial charge in [0, 0.05) is 44.0 Å². The number of sulfonamides is 1. The van der Waals surface area contributed by atoms with E-state index < -0.39 is 14.9 Å². The van der Waals surface area contributed by atoms with Crippen molar-refractivity contribution in [1.82, 2.24) is 4.31 Å². The number of non-ortho nitro benzene ring substituents is 1. The summed E-state index contributed by atoms with van der Waals surface area (Å²) in [4.78, 5) is 12.2. The molecule has 0 atom stereocenters. The first-order valence-corrected chi connectivity index (χ1v) is 9.93. The van der Waals surface area contributed by atoms with E-state index in [1.165, 1.54) is 28.6 Å². The maximum atomic E-state index is 12.7. The van der Waals surface area contributed by atoms with Gasteiger partial charge in [-0.1, -0.05) is 23.2 Å². The van der Waals surface area contributed by atoms with Gasteiger partial charge in [0.2, 0.25) is 10.0 Å². The molecule has 138 valence electrons. The topological polar surface area (TPSA) is 83.8 Å². The molecule has 3 rings (SSSR count). The van der Waals surface area contributed by atoms with Crippen LogP contribution in [0.15, 0.2) is 47.4 Å². The van der Waals surface area contributed by atoms with Crippen molar-refractivity contribution in [1.29, 1.82) is 0 Å². The van der Waals surface area contributed by atoms with Crippen LogP contribution in [0.5, 0.6) is 0 Å². The molecule has 26 heavy (non-hydrogen) atoms. The molecular weight excluding hydrogens is 401 g/mol. The Morgan fingerprint density at radius 2 is 1.54 bits per heavy atom. The van der Waals surface area contributed by atoms with Crippen LogP contribution in [-0.4, -0.2) is 43.8 Å². The standard InChI is InChI=1S/C16H15Cl2N3O4S/c17-15-6-3-13(11-16(15)18)19-7-9-20(10-8-19)26(24,25)14-4-1-12(2-5-14)21(22)23/h1-6,11H,7-10H2. The zero-order chi connectivity index (χ0) is 18.9. The Bertz CT molecular complexity index is 927. The lowest BCUT2D eigenvalue weighted by atomic mass is 10.2. The first-order valence-electron chi connectivity index (χ1n) is 7.73. The van der Waals surface area contributed by atoms with Gasteiger partial charge < -0.3 is 4.90 Å². The molecule has 1 aliphatic rings. The van der Waals surface area contributed by atoms with Crippen LogP contribution in [0, 0.1) is 10.1 Å². The Morgan fingerprint density at radius 1 is 0.923 bits per heavy atom. The summed E-state index contributed by atoms with van der Waals surface area (Å²) in [5.41, 5.74) is 0.736. The van der Waals surface area contributed by atoms with Crippen LogP contribution in [0.1, 0.15) is 0 Å². The quantitative estimate of drug-likeness (QED) is 0.564. The summed E-state index contributed by atoms with van der Waals surface area (Å²) >= 11 is 12.0. The smallest absolute Gasteiger partial charge is 0.269 e. The number of hydrogen-bond acceptors (Lipinski definition) is 5. The zero-order valence-corrected chi connectivity index (χ0v) is 15.8. The maximum absolute atomic E-state index is 12.7. The summed E-state index contributed by atoms with van der Waals surface area (Å²) in [5, 5.41) is 11.6. The van der Waals surface area contributed by atoms with Crippen molar-refractivity contribution >= 4 is 44.6 Å². The average Bonchev–Trinajstić information content (AvgIpc) is 2.64. The average molecular weight is 416 g/mol. The second-order valence-electron chi connectivity index (χ2n) is 5.74. The minimum absolute atomic E-state index is 0.0473. The van der Waals surface area contributed by atoms with Crippen molar-refractivity contribution in [3.05, 3.63) is 62.6 Å². The van der Waals surface area contributed by atoms with E-state index in [0.717, 1.165) is 5.69 Å². The Kier molecular flexibility index (Phi) is 5.38. The Morgan fingerprint density at radius 3 is 2.08 bits per heavy atom. The van der Waals surface area contributed by atoms with Crippen molar-refractivity contribution in [3.63, 3.8) is 0 Å². The number of anilines is 1. The molecule has 1 saturated heterocycles. The maximum Gasteiger partial charge on any atom is 0.269 e. The Hall–Kier alpha value is -1.87. The molecular formula is C16H15Cl2N3O4S. The van der Waals surface area contributed by atoms with Gasteiger partial charge in [0.05, 0.1) is 19.9 Å². The highest BCUT2D eigenvalue weighted by atomic mass is 35.5. The third-order valence-electron chi connectivity index (χ3n) is 4.19. The van der Waals surface area contributed by atoms with Crippen LogP contribution in [0.25, 0.3) is 0 Å². The minimum atomic E-state index is -3.69. The number of nitro benzene ring substituents is 1. The van der Waals surface area contributed by atoms with E-state index >= 15 is 0 Å². The van der Waals surface area contributed by atoms with Crippen molar-refractivity contribution < 1.29 is 13.3 Å². The molecule has 1 heterocycles. The van der Waals surface area contributed by atoms with Crippen LogP contribution in [-0.2, 0) is 10.0 Å². The number of halogens is 2. The molecule has 0 aromatic heterocycles. The molecule has 0 unspecified atom stereocenters. The molecule has 0 bridgehead atoms. The lowest BCUT2D eigenvalue weighted by molar-refractivity contribution is -0.384. The molecule has 0 aliphatic carbocycles. The third kappa shape index (κ3) is 3.78. The molecule has 1 fully saturated rings. The molecule has 2 aromatic carbocycles. The first kappa shape index (κ1) is 18.9. The molecule has 0 saturated carbocycles. The van der Waals surface area contributed by atoms with Crippen molar-refractivity contribution in [2.45, 2.75) is 4.90 Å². The van der Waals surface area contributed by atoms with Crippen LogP contribution in [0.4, 0.5) is 11.4 Å². The summed E-state index contributed by atoms with van der Waals surface area (Å²) in [6, 6.07) is 10.2. The zero-order valence-electron chi connectivity index (χ0n) is 13.5. The molecule has 1 aliphatic heterocycles. The summed E-state index contributed by atoms with van der Waals surface area (Å²) in [6.07, 6.45) is 0. The van der Waals surface area contributed by atoms with E-state index in [1.54, 1.807) is 12.1 Å². The highest BCUT2D eigenvalue weighted by Crippen LogP contribution is 2.28. The largest absolute Gasteiger partial charge is 0.369 e. The molecule has 2 aromatic rings. The highest BCUT2D eigenvalue weighted by molar-refractivity contribution is 7.89. The van der Waals surface area contributed by atoms with Crippen LogP contribution >= 0.6 is 23.2 Å². The fourth-order valence-electron chi connectivity index (χ4n) is 2.76. The number of nitrogens with zero attached hydrogens (tertiary/aromatic N) is 3. The fourth-order valence-corrected chi connectivity index (χ4v) is 4.47. The summed E-state index contributed by atoms with van der Waals surface area (Å²) in [7, 11) is -3.69. The lowest BCUT2D eigenvalue weighted by Crippen LogP contribution is -2.48. The molecule has 0 radical (unpaired) electrons. The van der Waals surface area contributed by atoms with Gasteiger partial charge in [-0.15, -0.1) is 0 Å². The van der Waals surface area contributed by atoms with Crippen molar-refractivity contribution in [3.8, 4) is 0 Å². The number of nitro groups is 1. The number of piperazine rings is 1. The SMILES string of the molecule is O=[N+]([O-])c1ccc(S(=O)(=O)N2CCN(c3ccc(Cl)c(Cl)c3)CC2)cc1. The fraction of sp³-hybridized carbons (Fsp3) is 0.250. The molecule has 0 amide bonds. The predicted molar refractivity (Wildman–Crippen MR) is 101 cm³/mol. The van der Waals surface area contributed by atoms with E-state index in [2.05, 4.69) is 0 Å². The molecule has 7 nitrogen and oxygen atoms in total. The minimum Gasteiger partial charge on any atom is -0.369 e. The van der Waals surface area contributed by atoms with Crippen LogP contribution < -0.4 is 4.90 Å². The van der Waals surface area contributed by atoms with E-state index in [4.69, 9.17) is 23.2 Å². The summed E-state index contributed by atoms with van der Waals surface area (Å²) in [6.45, 7) is 1.62. The van der Waals surface area contributed by atoms with E-state index in [-0.39, 0.29) is 10.6 Å². The molecule has 0 spiro atoms. The van der Waals surface area contributed by atoms with Crippen LogP contribution in [0.3, 0.4) is 0 Å². The second kappa shape index (κ2) is 7.40. The van der Waals surface area contributed by atoms with E-state index in [1.807, 2.05) is 11.0 Å². The summed E-state index contributed by atoms with van der Waals surface area (Å²) in [5.74, 6) is 0. The van der Waals surface area contributed by atoms with Gasteiger partial charge in [-0.25, -0.2) is 8.42 Å². The van der Waals surface area contributed by atoms with E-state index in [0.29, 0.717) is 36.2 Å². The number of rotatable bonds is 4. The Labute approximate surface area is 160 Å². The summed E-state index contributed by atoms with van der Waals surface area (Å²) < 4.78 is 26.8. The number of hydrogen-bond donors (Lipinski definition) is 0. The van der Waals surface area contributed by atoms with Gasteiger partial charge in [-0.2, -0.15) is 4.31 Å². The Balaban J connectivity index is 1.72. The number of benzene rings is 2. The normalized spacial score (nSPS) is 15.8. The van der Waals surface area contributed by atoms with Crippen molar-refractivity contribution in [2.75, 3.05) is 31.1 Å². The van der Waals surface area contributed by atoms with Gasteiger partial charge in [0.15, 0.2) is 0 Å². The van der Waals surface area contributed by atoms with Gasteiger partial charge >= 0.3 is 0 Å². The van der Waals surface area contributed by atoms with Crippen LogP contribution in [0.2, 0.25) is 10.0 Å².